The molecule has 16 heavy (non-hydrogen) atoms. The van der Waals surface area contributed by atoms with E-state index < -0.39 is 0 Å². The van der Waals surface area contributed by atoms with Crippen molar-refractivity contribution in [3.8, 4) is 0 Å². The molecule has 0 unspecified atom stereocenters. The van der Waals surface area contributed by atoms with Gasteiger partial charge in [0.1, 0.15) is 0 Å². The van der Waals surface area contributed by atoms with Crippen molar-refractivity contribution in [2.45, 2.75) is 50.5 Å². The molecule has 1 aromatic rings. The molecule has 2 fully saturated rings. The van der Waals surface area contributed by atoms with Crippen LogP contribution in [-0.4, -0.2) is 28.2 Å². The normalized spacial score (nSPS) is 24.0. The minimum Gasteiger partial charge on any atom is -0.381 e. The number of hydrogen-bond acceptors (Lipinski definition) is 3. The first-order chi connectivity index (χ1) is 7.93. The maximum atomic E-state index is 5.37. The molecular weight excluding hydrogens is 202 g/mol. The standard InChI is InChI=1S/C12H19N3O/c1-2-4-11(3-1)15-9-12(13-14-15)10-5-7-16-8-6-10/h9-11H,1-8H2. The molecule has 4 nitrogen and oxygen atoms in total. The highest BCUT2D eigenvalue weighted by Crippen LogP contribution is 2.30. The largest absolute Gasteiger partial charge is 0.381 e. The Morgan fingerprint density at radius 2 is 1.88 bits per heavy atom. The number of rotatable bonds is 2. The first-order valence-corrected chi connectivity index (χ1v) is 6.43. The second-order valence-corrected chi connectivity index (χ2v) is 4.95. The van der Waals surface area contributed by atoms with E-state index in [-0.39, 0.29) is 0 Å². The van der Waals surface area contributed by atoms with Crippen LogP contribution in [0.2, 0.25) is 0 Å². The fourth-order valence-corrected chi connectivity index (χ4v) is 2.82. The lowest BCUT2D eigenvalue weighted by Gasteiger charge is -2.19. The Balaban J connectivity index is 1.71. The van der Waals surface area contributed by atoms with E-state index in [0.29, 0.717) is 12.0 Å². The molecule has 0 radical (unpaired) electrons. The molecular formula is C12H19N3O. The summed E-state index contributed by atoms with van der Waals surface area (Å²) in [6, 6.07) is 0.612. The van der Waals surface area contributed by atoms with E-state index in [2.05, 4.69) is 21.2 Å². The van der Waals surface area contributed by atoms with Gasteiger partial charge < -0.3 is 4.74 Å². The van der Waals surface area contributed by atoms with Crippen molar-refractivity contribution in [1.29, 1.82) is 0 Å². The fraction of sp³-hybridized carbons (Fsp3) is 0.833. The highest BCUT2D eigenvalue weighted by molar-refractivity contribution is 5.03. The van der Waals surface area contributed by atoms with E-state index >= 15 is 0 Å². The Labute approximate surface area is 96.0 Å². The predicted octanol–water partition coefficient (Wildman–Crippen LogP) is 2.29. The van der Waals surface area contributed by atoms with E-state index in [4.69, 9.17) is 4.74 Å². The molecule has 88 valence electrons. The van der Waals surface area contributed by atoms with Crippen LogP contribution in [0, 0.1) is 0 Å². The van der Waals surface area contributed by atoms with E-state index in [1.54, 1.807) is 0 Å². The van der Waals surface area contributed by atoms with Crippen LogP contribution in [-0.2, 0) is 4.74 Å². The van der Waals surface area contributed by atoms with Gasteiger partial charge in [0.05, 0.1) is 11.7 Å². The third kappa shape index (κ3) is 1.98. The monoisotopic (exact) mass is 221 g/mol. The van der Waals surface area contributed by atoms with Crippen LogP contribution in [0.1, 0.15) is 56.2 Å². The van der Waals surface area contributed by atoms with Crippen molar-refractivity contribution in [2.75, 3.05) is 13.2 Å². The number of hydrogen-bond donors (Lipinski definition) is 0. The highest BCUT2D eigenvalue weighted by Gasteiger charge is 2.22. The van der Waals surface area contributed by atoms with Gasteiger partial charge in [0.25, 0.3) is 0 Å². The Bertz CT molecular complexity index is 338. The maximum Gasteiger partial charge on any atom is 0.0859 e. The maximum absolute atomic E-state index is 5.37. The first-order valence-electron chi connectivity index (χ1n) is 6.43. The van der Waals surface area contributed by atoms with Gasteiger partial charge in [0, 0.05) is 25.3 Å². The van der Waals surface area contributed by atoms with Gasteiger partial charge in [-0.05, 0) is 25.7 Å². The third-order valence-corrected chi connectivity index (χ3v) is 3.87. The molecule has 0 spiro atoms. The second kappa shape index (κ2) is 4.53. The van der Waals surface area contributed by atoms with E-state index in [1.165, 1.54) is 31.4 Å². The Morgan fingerprint density at radius 1 is 1.12 bits per heavy atom. The van der Waals surface area contributed by atoms with Gasteiger partial charge in [-0.15, -0.1) is 5.10 Å². The molecule has 0 N–H and O–H groups in total. The zero-order chi connectivity index (χ0) is 10.8. The molecule has 0 amide bonds. The lowest BCUT2D eigenvalue weighted by molar-refractivity contribution is 0.0845. The average molecular weight is 221 g/mol. The highest BCUT2D eigenvalue weighted by atomic mass is 16.5. The Kier molecular flexibility index (Phi) is 2.91. The quantitative estimate of drug-likeness (QED) is 0.769. The van der Waals surface area contributed by atoms with Crippen molar-refractivity contribution in [1.82, 2.24) is 15.0 Å². The smallest absolute Gasteiger partial charge is 0.0859 e. The summed E-state index contributed by atoms with van der Waals surface area (Å²) < 4.78 is 7.47. The topological polar surface area (TPSA) is 39.9 Å². The molecule has 4 heteroatoms. The van der Waals surface area contributed by atoms with E-state index in [9.17, 15) is 0 Å². The van der Waals surface area contributed by atoms with Crippen LogP contribution < -0.4 is 0 Å². The number of nitrogens with zero attached hydrogens (tertiary/aromatic N) is 3. The lowest BCUT2D eigenvalue weighted by Crippen LogP contribution is -2.14. The van der Waals surface area contributed by atoms with Gasteiger partial charge in [-0.3, -0.25) is 0 Å². The number of aromatic nitrogens is 3. The van der Waals surface area contributed by atoms with Crippen LogP contribution >= 0.6 is 0 Å². The molecule has 2 heterocycles. The minimum atomic E-state index is 0.573. The summed E-state index contributed by atoms with van der Waals surface area (Å²) in [5.41, 5.74) is 1.18. The van der Waals surface area contributed by atoms with Crippen LogP contribution in [0.5, 0.6) is 0 Å². The molecule has 1 aliphatic heterocycles. The van der Waals surface area contributed by atoms with Gasteiger partial charge in [0.2, 0.25) is 0 Å². The van der Waals surface area contributed by atoms with Gasteiger partial charge in [-0.25, -0.2) is 4.68 Å². The van der Waals surface area contributed by atoms with Crippen LogP contribution in [0.15, 0.2) is 6.20 Å². The zero-order valence-electron chi connectivity index (χ0n) is 9.64. The second-order valence-electron chi connectivity index (χ2n) is 4.95. The molecule has 0 bridgehead atoms. The van der Waals surface area contributed by atoms with Gasteiger partial charge >= 0.3 is 0 Å². The van der Waals surface area contributed by atoms with Crippen LogP contribution in [0.25, 0.3) is 0 Å². The van der Waals surface area contributed by atoms with Crippen molar-refractivity contribution < 1.29 is 4.74 Å². The first kappa shape index (κ1) is 10.3. The van der Waals surface area contributed by atoms with Crippen LogP contribution in [0.4, 0.5) is 0 Å². The Morgan fingerprint density at radius 3 is 2.62 bits per heavy atom. The molecule has 1 aliphatic carbocycles. The molecule has 0 aromatic carbocycles. The fourth-order valence-electron chi connectivity index (χ4n) is 2.82. The molecule has 2 aliphatic rings. The van der Waals surface area contributed by atoms with Gasteiger partial charge in [-0.2, -0.15) is 0 Å². The Hall–Kier alpha value is -0.900. The zero-order valence-corrected chi connectivity index (χ0v) is 9.64. The van der Waals surface area contributed by atoms with Crippen molar-refractivity contribution in [3.05, 3.63) is 11.9 Å². The van der Waals surface area contributed by atoms with Gasteiger partial charge in [0.15, 0.2) is 0 Å². The summed E-state index contributed by atoms with van der Waals surface area (Å²) >= 11 is 0. The third-order valence-electron chi connectivity index (χ3n) is 3.87. The average Bonchev–Trinajstić information content (AvgIpc) is 3.01. The van der Waals surface area contributed by atoms with Gasteiger partial charge in [-0.1, -0.05) is 18.1 Å². The molecule has 1 saturated heterocycles. The van der Waals surface area contributed by atoms with E-state index in [1.807, 2.05) is 0 Å². The van der Waals surface area contributed by atoms with Crippen molar-refractivity contribution >= 4 is 0 Å². The molecule has 1 aromatic heterocycles. The molecule has 3 rings (SSSR count). The van der Waals surface area contributed by atoms with Crippen LogP contribution in [0.3, 0.4) is 0 Å². The molecule has 0 atom stereocenters. The summed E-state index contributed by atoms with van der Waals surface area (Å²) in [7, 11) is 0. The summed E-state index contributed by atoms with van der Waals surface area (Å²) in [4.78, 5) is 0. The number of ether oxygens (including phenoxy) is 1. The summed E-state index contributed by atoms with van der Waals surface area (Å²) in [6.07, 6.45) is 9.61. The molecule has 1 saturated carbocycles. The van der Waals surface area contributed by atoms with E-state index in [0.717, 1.165) is 26.1 Å². The summed E-state index contributed by atoms with van der Waals surface area (Å²) in [5, 5.41) is 8.64. The van der Waals surface area contributed by atoms with Crippen molar-refractivity contribution in [2.24, 2.45) is 0 Å². The lowest BCUT2D eigenvalue weighted by atomic mass is 9.97. The predicted molar refractivity (Wildman–Crippen MR) is 60.3 cm³/mol. The minimum absolute atomic E-state index is 0.573. The summed E-state index contributed by atoms with van der Waals surface area (Å²) in [5.74, 6) is 0.573. The SMILES string of the molecule is c1c(C2CCOCC2)nnn1C1CCCC1. The summed E-state index contributed by atoms with van der Waals surface area (Å²) in [6.45, 7) is 1.75. The van der Waals surface area contributed by atoms with Crippen molar-refractivity contribution in [3.63, 3.8) is 0 Å².